The summed E-state index contributed by atoms with van der Waals surface area (Å²) in [5, 5.41) is 10.8. The number of amides is 1. The maximum atomic E-state index is 12.5. The summed E-state index contributed by atoms with van der Waals surface area (Å²) in [5.74, 6) is 0.835. The maximum absolute atomic E-state index is 12.5. The molecule has 1 N–H and O–H groups in total. The topological polar surface area (TPSA) is 94.1 Å². The van der Waals surface area contributed by atoms with Gasteiger partial charge in [0.1, 0.15) is 6.04 Å². The van der Waals surface area contributed by atoms with Gasteiger partial charge in [-0.25, -0.2) is 0 Å². The Morgan fingerprint density at radius 3 is 2.76 bits per heavy atom. The SMILES string of the molecule is C[C@H](NC(=O)c1onc2c1CCCC2)c1nc(-c2ccccc2)no1. The minimum absolute atomic E-state index is 0.296. The first-order chi connectivity index (χ1) is 12.2. The summed E-state index contributed by atoms with van der Waals surface area (Å²) in [4.78, 5) is 16.9. The predicted molar refractivity (Wildman–Crippen MR) is 88.8 cm³/mol. The third kappa shape index (κ3) is 3.05. The Hall–Kier alpha value is -2.96. The standard InChI is InChI=1S/C18H18N4O3/c1-11(18-20-16(22-25-18)12-7-3-2-4-8-12)19-17(23)15-13-9-5-6-10-14(13)21-24-15/h2-4,7-8,11H,5-6,9-10H2,1H3,(H,19,23)/t11-/m0/s1. The first kappa shape index (κ1) is 15.6. The second-order valence-electron chi connectivity index (χ2n) is 6.16. The lowest BCUT2D eigenvalue weighted by Gasteiger charge is -2.11. The quantitative estimate of drug-likeness (QED) is 0.785. The molecule has 1 aromatic carbocycles. The van der Waals surface area contributed by atoms with Crippen LogP contribution in [0.3, 0.4) is 0 Å². The lowest BCUT2D eigenvalue weighted by atomic mass is 9.96. The van der Waals surface area contributed by atoms with E-state index in [1.807, 2.05) is 30.3 Å². The largest absolute Gasteiger partial charge is 0.350 e. The molecule has 2 heterocycles. The molecule has 0 saturated carbocycles. The van der Waals surface area contributed by atoms with Gasteiger partial charge in [-0.15, -0.1) is 0 Å². The Morgan fingerprint density at radius 2 is 1.92 bits per heavy atom. The summed E-state index contributed by atoms with van der Waals surface area (Å²) < 4.78 is 10.6. The number of aryl methyl sites for hydroxylation is 1. The average molecular weight is 338 g/mol. The van der Waals surface area contributed by atoms with Crippen molar-refractivity contribution in [3.05, 3.63) is 53.2 Å². The van der Waals surface area contributed by atoms with Gasteiger partial charge < -0.3 is 14.4 Å². The molecule has 0 unspecified atom stereocenters. The van der Waals surface area contributed by atoms with Crippen LogP contribution in [0.15, 0.2) is 39.4 Å². The number of aromatic nitrogens is 3. The van der Waals surface area contributed by atoms with E-state index in [2.05, 4.69) is 20.6 Å². The summed E-state index contributed by atoms with van der Waals surface area (Å²) in [7, 11) is 0. The van der Waals surface area contributed by atoms with Gasteiger partial charge in [0.05, 0.1) is 5.69 Å². The fraction of sp³-hybridized carbons (Fsp3) is 0.333. The van der Waals surface area contributed by atoms with Crippen LogP contribution >= 0.6 is 0 Å². The molecule has 3 aromatic rings. The fourth-order valence-corrected chi connectivity index (χ4v) is 3.01. The van der Waals surface area contributed by atoms with Crippen LogP contribution in [0.4, 0.5) is 0 Å². The number of carbonyl (C=O) groups is 1. The number of fused-ring (bicyclic) bond motifs is 1. The molecule has 2 aromatic heterocycles. The predicted octanol–water partition coefficient (Wildman–Crippen LogP) is 3.09. The molecule has 1 aliphatic rings. The second-order valence-corrected chi connectivity index (χ2v) is 6.16. The maximum Gasteiger partial charge on any atom is 0.290 e. The van der Waals surface area contributed by atoms with Crippen LogP contribution in [0.2, 0.25) is 0 Å². The third-order valence-electron chi connectivity index (χ3n) is 4.36. The molecule has 0 bridgehead atoms. The molecule has 0 aliphatic heterocycles. The van der Waals surface area contributed by atoms with Crippen molar-refractivity contribution >= 4 is 5.91 Å². The zero-order valence-electron chi connectivity index (χ0n) is 13.9. The number of hydrogen-bond acceptors (Lipinski definition) is 6. The van der Waals surface area contributed by atoms with Crippen LogP contribution in [-0.4, -0.2) is 21.2 Å². The summed E-state index contributed by atoms with van der Waals surface area (Å²) in [6.07, 6.45) is 3.83. The zero-order valence-corrected chi connectivity index (χ0v) is 13.9. The van der Waals surface area contributed by atoms with Crippen molar-refractivity contribution in [1.29, 1.82) is 0 Å². The number of benzene rings is 1. The highest BCUT2D eigenvalue weighted by Crippen LogP contribution is 2.24. The van der Waals surface area contributed by atoms with Crippen LogP contribution < -0.4 is 5.32 Å². The van der Waals surface area contributed by atoms with Crippen molar-refractivity contribution in [2.24, 2.45) is 0 Å². The van der Waals surface area contributed by atoms with Gasteiger partial charge in [-0.1, -0.05) is 40.6 Å². The Labute approximate surface area is 144 Å². The van der Waals surface area contributed by atoms with Crippen LogP contribution in [0.1, 0.15) is 53.5 Å². The van der Waals surface area contributed by atoms with Crippen LogP contribution in [0, 0.1) is 0 Å². The Morgan fingerprint density at radius 1 is 1.12 bits per heavy atom. The fourth-order valence-electron chi connectivity index (χ4n) is 3.01. The van der Waals surface area contributed by atoms with Crippen molar-refractivity contribution in [3.63, 3.8) is 0 Å². The first-order valence-electron chi connectivity index (χ1n) is 8.39. The van der Waals surface area contributed by atoms with Crippen LogP contribution in [0.25, 0.3) is 11.4 Å². The van der Waals surface area contributed by atoms with E-state index < -0.39 is 6.04 Å². The molecule has 1 amide bonds. The van der Waals surface area contributed by atoms with E-state index in [0.29, 0.717) is 17.5 Å². The molecule has 0 fully saturated rings. The van der Waals surface area contributed by atoms with E-state index >= 15 is 0 Å². The molecule has 0 spiro atoms. The average Bonchev–Trinajstić information content (AvgIpc) is 3.30. The van der Waals surface area contributed by atoms with Gasteiger partial charge in [0, 0.05) is 11.1 Å². The van der Waals surface area contributed by atoms with Crippen molar-refractivity contribution in [1.82, 2.24) is 20.6 Å². The summed E-state index contributed by atoms with van der Waals surface area (Å²) in [6.45, 7) is 1.79. The lowest BCUT2D eigenvalue weighted by Crippen LogP contribution is -2.27. The van der Waals surface area contributed by atoms with E-state index in [-0.39, 0.29) is 5.91 Å². The van der Waals surface area contributed by atoms with Crippen molar-refractivity contribution in [2.45, 2.75) is 38.6 Å². The Bertz CT molecular complexity index is 885. The van der Waals surface area contributed by atoms with Gasteiger partial charge in [0.2, 0.25) is 17.5 Å². The Balaban J connectivity index is 1.49. The van der Waals surface area contributed by atoms with Gasteiger partial charge in [-0.05, 0) is 32.6 Å². The highest BCUT2D eigenvalue weighted by atomic mass is 16.5. The molecule has 0 saturated heterocycles. The van der Waals surface area contributed by atoms with Crippen LogP contribution in [0.5, 0.6) is 0 Å². The third-order valence-corrected chi connectivity index (χ3v) is 4.36. The van der Waals surface area contributed by atoms with E-state index in [0.717, 1.165) is 42.5 Å². The molecular formula is C18H18N4O3. The second kappa shape index (κ2) is 6.51. The number of carbonyl (C=O) groups excluding carboxylic acids is 1. The molecule has 25 heavy (non-hydrogen) atoms. The van der Waals surface area contributed by atoms with E-state index in [1.165, 1.54) is 0 Å². The van der Waals surface area contributed by atoms with Crippen molar-refractivity contribution < 1.29 is 13.8 Å². The zero-order chi connectivity index (χ0) is 17.2. The molecule has 7 nitrogen and oxygen atoms in total. The van der Waals surface area contributed by atoms with Gasteiger partial charge in [0.25, 0.3) is 5.91 Å². The first-order valence-corrected chi connectivity index (χ1v) is 8.39. The highest BCUT2D eigenvalue weighted by Gasteiger charge is 2.26. The monoisotopic (exact) mass is 338 g/mol. The normalized spacial score (nSPS) is 14.8. The summed E-state index contributed by atoms with van der Waals surface area (Å²) in [5.41, 5.74) is 2.68. The molecule has 128 valence electrons. The van der Waals surface area contributed by atoms with E-state index in [4.69, 9.17) is 9.05 Å². The Kier molecular flexibility index (Phi) is 4.05. The van der Waals surface area contributed by atoms with Gasteiger partial charge in [-0.3, -0.25) is 4.79 Å². The summed E-state index contributed by atoms with van der Waals surface area (Å²) >= 11 is 0. The van der Waals surface area contributed by atoms with Gasteiger partial charge in [0.15, 0.2) is 0 Å². The number of nitrogens with zero attached hydrogens (tertiary/aromatic N) is 3. The summed E-state index contributed by atoms with van der Waals surface area (Å²) in [6, 6.07) is 9.11. The number of hydrogen-bond donors (Lipinski definition) is 1. The molecule has 4 rings (SSSR count). The molecule has 0 radical (unpaired) electrons. The molecule has 1 atom stereocenters. The smallest absolute Gasteiger partial charge is 0.290 e. The number of nitrogens with one attached hydrogen (secondary N) is 1. The molecular weight excluding hydrogens is 320 g/mol. The minimum Gasteiger partial charge on any atom is -0.350 e. The lowest BCUT2D eigenvalue weighted by molar-refractivity contribution is 0.0894. The van der Waals surface area contributed by atoms with Gasteiger partial charge >= 0.3 is 0 Å². The minimum atomic E-state index is -0.429. The van der Waals surface area contributed by atoms with Crippen LogP contribution in [-0.2, 0) is 12.8 Å². The molecule has 1 aliphatic carbocycles. The van der Waals surface area contributed by atoms with Crippen molar-refractivity contribution in [2.75, 3.05) is 0 Å². The van der Waals surface area contributed by atoms with Crippen molar-refractivity contribution in [3.8, 4) is 11.4 Å². The highest BCUT2D eigenvalue weighted by molar-refractivity contribution is 5.93. The van der Waals surface area contributed by atoms with E-state index in [1.54, 1.807) is 6.92 Å². The number of rotatable bonds is 4. The van der Waals surface area contributed by atoms with Gasteiger partial charge in [-0.2, -0.15) is 4.98 Å². The van der Waals surface area contributed by atoms with E-state index in [9.17, 15) is 4.79 Å². The molecule has 7 heteroatoms.